The zero-order chi connectivity index (χ0) is 14.1. The van der Waals surface area contributed by atoms with Crippen LogP contribution in [-0.2, 0) is 0 Å². The predicted octanol–water partition coefficient (Wildman–Crippen LogP) is 3.18. The first-order valence-electron chi connectivity index (χ1n) is 6.44. The number of fused-ring (bicyclic) bond motifs is 1. The summed E-state index contributed by atoms with van der Waals surface area (Å²) in [7, 11) is 1.83. The number of aromatic nitrogens is 3. The van der Waals surface area contributed by atoms with Gasteiger partial charge in [-0.3, -0.25) is 4.40 Å². The third-order valence-corrected chi connectivity index (χ3v) is 3.15. The number of aryl methyl sites for hydroxylation is 2. The molecule has 1 aromatic carbocycles. The van der Waals surface area contributed by atoms with Crippen molar-refractivity contribution in [3.63, 3.8) is 0 Å². The van der Waals surface area contributed by atoms with Crippen molar-refractivity contribution < 1.29 is 4.74 Å². The molecule has 3 aromatic rings. The lowest BCUT2D eigenvalue weighted by atomic mass is 10.1. The molecule has 1 N–H and O–H groups in total. The number of hydrogen-bond donors (Lipinski definition) is 1. The minimum absolute atomic E-state index is 0.496. The van der Waals surface area contributed by atoms with E-state index in [1.807, 2.05) is 49.8 Å². The van der Waals surface area contributed by atoms with Crippen LogP contribution in [0.25, 0.3) is 5.65 Å². The first-order chi connectivity index (χ1) is 9.67. The van der Waals surface area contributed by atoms with Gasteiger partial charge in [-0.05, 0) is 31.0 Å². The number of nitrogens with one attached hydrogen (secondary N) is 1. The van der Waals surface area contributed by atoms with Gasteiger partial charge in [0.2, 0.25) is 5.65 Å². The molecule has 5 heteroatoms. The molecule has 2 heterocycles. The van der Waals surface area contributed by atoms with Crippen molar-refractivity contribution in [2.45, 2.75) is 13.8 Å². The third-order valence-electron chi connectivity index (χ3n) is 3.15. The van der Waals surface area contributed by atoms with Gasteiger partial charge in [0.15, 0.2) is 0 Å². The highest BCUT2D eigenvalue weighted by Gasteiger charge is 2.11. The summed E-state index contributed by atoms with van der Waals surface area (Å²) in [5, 5.41) is 3.02. The molecule has 0 aliphatic rings. The molecular formula is C15H16N4O. The van der Waals surface area contributed by atoms with Crippen LogP contribution in [0.15, 0.2) is 36.8 Å². The molecule has 0 saturated carbocycles. The fraction of sp³-hybridized carbons (Fsp3) is 0.200. The Morgan fingerprint density at radius 1 is 1.25 bits per heavy atom. The van der Waals surface area contributed by atoms with Gasteiger partial charge in [0, 0.05) is 19.4 Å². The lowest BCUT2D eigenvalue weighted by Crippen LogP contribution is -2.00. The summed E-state index contributed by atoms with van der Waals surface area (Å²) in [5.41, 5.74) is 2.91. The lowest BCUT2D eigenvalue weighted by Gasteiger charge is -2.11. The molecule has 0 unspecified atom stereocenters. The molecular weight excluding hydrogens is 252 g/mol. The first kappa shape index (κ1) is 12.5. The first-order valence-corrected chi connectivity index (χ1v) is 6.44. The van der Waals surface area contributed by atoms with Crippen LogP contribution >= 0.6 is 0 Å². The molecule has 2 aromatic heterocycles. The maximum Gasteiger partial charge on any atom is 0.265 e. The van der Waals surface area contributed by atoms with E-state index < -0.39 is 0 Å². The maximum absolute atomic E-state index is 5.97. The van der Waals surface area contributed by atoms with E-state index in [0.29, 0.717) is 11.5 Å². The normalized spacial score (nSPS) is 10.8. The van der Waals surface area contributed by atoms with Gasteiger partial charge in [-0.2, -0.15) is 4.98 Å². The second-order valence-corrected chi connectivity index (χ2v) is 4.71. The maximum atomic E-state index is 5.97. The molecule has 0 radical (unpaired) electrons. The smallest absolute Gasteiger partial charge is 0.265 e. The highest BCUT2D eigenvalue weighted by Crippen LogP contribution is 2.28. The van der Waals surface area contributed by atoms with Crippen molar-refractivity contribution in [2.75, 3.05) is 12.4 Å². The summed E-state index contributed by atoms with van der Waals surface area (Å²) < 4.78 is 7.86. The SMILES string of the molecule is CNc1cn2ccnc2c(Oc2cc(C)ccc2C)n1. The summed E-state index contributed by atoms with van der Waals surface area (Å²) in [5.74, 6) is 2.03. The topological polar surface area (TPSA) is 51.5 Å². The highest BCUT2D eigenvalue weighted by molar-refractivity contribution is 5.55. The molecule has 0 amide bonds. The van der Waals surface area contributed by atoms with Gasteiger partial charge in [-0.15, -0.1) is 0 Å². The Morgan fingerprint density at radius 3 is 2.90 bits per heavy atom. The summed E-state index contributed by atoms with van der Waals surface area (Å²) in [4.78, 5) is 8.73. The van der Waals surface area contributed by atoms with Crippen molar-refractivity contribution in [3.8, 4) is 11.6 Å². The van der Waals surface area contributed by atoms with Crippen LogP contribution in [0.4, 0.5) is 5.82 Å². The van der Waals surface area contributed by atoms with E-state index in [1.165, 1.54) is 0 Å². The van der Waals surface area contributed by atoms with Crippen LogP contribution in [0, 0.1) is 13.8 Å². The van der Waals surface area contributed by atoms with E-state index >= 15 is 0 Å². The molecule has 0 bridgehead atoms. The summed E-state index contributed by atoms with van der Waals surface area (Å²) >= 11 is 0. The van der Waals surface area contributed by atoms with E-state index in [0.717, 1.165) is 22.7 Å². The number of hydrogen-bond acceptors (Lipinski definition) is 4. The summed E-state index contributed by atoms with van der Waals surface area (Å²) in [6.45, 7) is 4.05. The lowest BCUT2D eigenvalue weighted by molar-refractivity contribution is 0.462. The average molecular weight is 268 g/mol. The van der Waals surface area contributed by atoms with Crippen LogP contribution < -0.4 is 10.1 Å². The standard InChI is InChI=1S/C15H16N4O/c1-10-4-5-11(2)12(8-10)20-15-14-17-6-7-19(14)9-13(16-3)18-15/h4-9,16H,1-3H3. The van der Waals surface area contributed by atoms with Gasteiger partial charge >= 0.3 is 0 Å². The number of rotatable bonds is 3. The van der Waals surface area contributed by atoms with Crippen LogP contribution in [0.2, 0.25) is 0 Å². The van der Waals surface area contributed by atoms with Crippen LogP contribution in [0.5, 0.6) is 11.6 Å². The Labute approximate surface area is 117 Å². The highest BCUT2D eigenvalue weighted by atomic mass is 16.5. The number of anilines is 1. The molecule has 0 fully saturated rings. The quantitative estimate of drug-likeness (QED) is 0.792. The van der Waals surface area contributed by atoms with Crippen molar-refractivity contribution >= 4 is 11.5 Å². The van der Waals surface area contributed by atoms with E-state index in [9.17, 15) is 0 Å². The second-order valence-electron chi connectivity index (χ2n) is 4.71. The van der Waals surface area contributed by atoms with E-state index in [2.05, 4.69) is 21.4 Å². The van der Waals surface area contributed by atoms with Gasteiger partial charge in [0.05, 0.1) is 6.20 Å². The van der Waals surface area contributed by atoms with E-state index in [-0.39, 0.29) is 0 Å². The van der Waals surface area contributed by atoms with Gasteiger partial charge in [0.1, 0.15) is 11.6 Å². The Hall–Kier alpha value is -2.56. The van der Waals surface area contributed by atoms with Gasteiger partial charge in [-0.1, -0.05) is 12.1 Å². The molecule has 5 nitrogen and oxygen atoms in total. The zero-order valence-electron chi connectivity index (χ0n) is 11.7. The molecule has 3 rings (SSSR count). The Morgan fingerprint density at radius 2 is 2.10 bits per heavy atom. The second kappa shape index (κ2) is 4.85. The predicted molar refractivity (Wildman–Crippen MR) is 78.5 cm³/mol. The van der Waals surface area contributed by atoms with E-state index in [1.54, 1.807) is 6.20 Å². The van der Waals surface area contributed by atoms with Gasteiger partial charge in [-0.25, -0.2) is 4.98 Å². The number of benzene rings is 1. The summed E-state index contributed by atoms with van der Waals surface area (Å²) in [6, 6.07) is 6.10. The molecule has 102 valence electrons. The Bertz CT molecular complexity index is 764. The molecule has 0 atom stereocenters. The molecule has 0 saturated heterocycles. The number of nitrogens with zero attached hydrogens (tertiary/aromatic N) is 3. The monoisotopic (exact) mass is 268 g/mol. The van der Waals surface area contributed by atoms with Crippen molar-refractivity contribution in [2.24, 2.45) is 0 Å². The minimum Gasteiger partial charge on any atom is -0.436 e. The van der Waals surface area contributed by atoms with Gasteiger partial charge in [0.25, 0.3) is 5.88 Å². The van der Waals surface area contributed by atoms with Crippen molar-refractivity contribution in [1.82, 2.24) is 14.4 Å². The Balaban J connectivity index is 2.09. The third kappa shape index (κ3) is 2.18. The Kier molecular flexibility index (Phi) is 3.02. The summed E-state index contributed by atoms with van der Waals surface area (Å²) in [6.07, 6.45) is 5.47. The van der Waals surface area contributed by atoms with Crippen LogP contribution in [0.3, 0.4) is 0 Å². The fourth-order valence-corrected chi connectivity index (χ4v) is 2.01. The minimum atomic E-state index is 0.496. The van der Waals surface area contributed by atoms with Crippen LogP contribution in [-0.4, -0.2) is 21.4 Å². The molecule has 0 aliphatic carbocycles. The van der Waals surface area contributed by atoms with Gasteiger partial charge < -0.3 is 10.1 Å². The zero-order valence-corrected chi connectivity index (χ0v) is 11.7. The average Bonchev–Trinajstić information content (AvgIpc) is 2.91. The molecule has 0 aliphatic heterocycles. The number of imidazole rings is 1. The van der Waals surface area contributed by atoms with Crippen LogP contribution in [0.1, 0.15) is 11.1 Å². The van der Waals surface area contributed by atoms with E-state index in [4.69, 9.17) is 4.74 Å². The largest absolute Gasteiger partial charge is 0.436 e. The molecule has 20 heavy (non-hydrogen) atoms. The van der Waals surface area contributed by atoms with Crippen molar-refractivity contribution in [3.05, 3.63) is 47.9 Å². The molecule has 0 spiro atoms. The number of ether oxygens (including phenoxy) is 1. The van der Waals surface area contributed by atoms with Crippen molar-refractivity contribution in [1.29, 1.82) is 0 Å². The fourth-order valence-electron chi connectivity index (χ4n) is 2.01.